The van der Waals surface area contributed by atoms with Crippen LogP contribution >= 0.6 is 0 Å². The maximum absolute atomic E-state index is 10.5. The number of allylic oxidation sites excluding steroid dienone is 2. The molecule has 0 aromatic carbocycles. The van der Waals surface area contributed by atoms with Crippen molar-refractivity contribution in [3.63, 3.8) is 0 Å². The smallest absolute Gasteiger partial charge is 0.192 e. The molecule has 0 aromatic heterocycles. The molecule has 0 aliphatic rings. The van der Waals surface area contributed by atoms with Gasteiger partial charge in [-0.3, -0.25) is 0 Å². The molecule has 0 radical (unpaired) electrons. The molecule has 0 aromatic rings. The maximum atomic E-state index is 10.5. The van der Waals surface area contributed by atoms with Crippen molar-refractivity contribution in [2.75, 3.05) is 0 Å². The number of rotatable bonds is 7. The molecule has 3 heteroatoms. The molecular weight excluding hydrogens is 288 g/mol. The van der Waals surface area contributed by atoms with E-state index in [0.29, 0.717) is 6.42 Å². The first-order chi connectivity index (χ1) is 9.83. The van der Waals surface area contributed by atoms with Crippen LogP contribution in [0, 0.1) is 5.92 Å². The predicted molar refractivity (Wildman–Crippen MR) is 101 cm³/mol. The summed E-state index contributed by atoms with van der Waals surface area (Å²) in [5.41, 5.74) is 2.46. The van der Waals surface area contributed by atoms with E-state index in [0.717, 1.165) is 0 Å². The predicted octanol–water partition coefficient (Wildman–Crippen LogP) is 5.70. The Morgan fingerprint density at radius 2 is 1.68 bits per heavy atom. The first-order valence-electron chi connectivity index (χ1n) is 8.45. The largest absolute Gasteiger partial charge is 0.410 e. The number of hydrogen-bond acceptors (Lipinski definition) is 2. The molecule has 0 aliphatic carbocycles. The molecule has 0 heterocycles. The van der Waals surface area contributed by atoms with Gasteiger partial charge in [0.25, 0.3) is 0 Å². The minimum Gasteiger partial charge on any atom is -0.410 e. The van der Waals surface area contributed by atoms with Gasteiger partial charge < -0.3 is 9.53 Å². The Labute approximate surface area is 139 Å². The molecule has 0 saturated carbocycles. The summed E-state index contributed by atoms with van der Waals surface area (Å²) in [4.78, 5) is 0. The van der Waals surface area contributed by atoms with Crippen LogP contribution < -0.4 is 0 Å². The van der Waals surface area contributed by atoms with E-state index in [1.807, 2.05) is 6.92 Å². The molecule has 1 N–H and O–H groups in total. The highest BCUT2D eigenvalue weighted by atomic mass is 28.4. The number of aliphatic hydroxyl groups excluding tert-OH is 1. The summed E-state index contributed by atoms with van der Waals surface area (Å²) in [6, 6.07) is 0. The Morgan fingerprint density at radius 1 is 1.18 bits per heavy atom. The van der Waals surface area contributed by atoms with E-state index in [1.54, 1.807) is 0 Å². The van der Waals surface area contributed by atoms with E-state index in [2.05, 4.69) is 73.7 Å². The van der Waals surface area contributed by atoms with Gasteiger partial charge in [-0.15, -0.1) is 0 Å². The van der Waals surface area contributed by atoms with Gasteiger partial charge in [-0.2, -0.15) is 0 Å². The van der Waals surface area contributed by atoms with Crippen molar-refractivity contribution < 1.29 is 9.53 Å². The average molecular weight is 327 g/mol. The summed E-state index contributed by atoms with van der Waals surface area (Å²) in [6.07, 6.45) is 4.53. The molecule has 3 atom stereocenters. The third-order valence-electron chi connectivity index (χ3n) is 4.98. The van der Waals surface area contributed by atoms with E-state index < -0.39 is 8.32 Å². The molecule has 0 bridgehead atoms. The molecule has 0 rings (SSSR count). The van der Waals surface area contributed by atoms with Gasteiger partial charge in [0.15, 0.2) is 8.32 Å². The van der Waals surface area contributed by atoms with Crippen LogP contribution in [0.3, 0.4) is 0 Å². The lowest BCUT2D eigenvalue weighted by molar-refractivity contribution is 0.0468. The average Bonchev–Trinajstić information content (AvgIpc) is 2.39. The Morgan fingerprint density at radius 3 is 2.05 bits per heavy atom. The third kappa shape index (κ3) is 6.39. The van der Waals surface area contributed by atoms with Crippen molar-refractivity contribution in [3.8, 4) is 0 Å². The van der Waals surface area contributed by atoms with Crippen LogP contribution in [0.5, 0.6) is 0 Å². The van der Waals surface area contributed by atoms with Gasteiger partial charge in [0.2, 0.25) is 0 Å². The third-order valence-corrected chi connectivity index (χ3v) is 9.44. The van der Waals surface area contributed by atoms with Crippen molar-refractivity contribution in [2.24, 2.45) is 5.92 Å². The molecule has 0 fully saturated rings. The summed E-state index contributed by atoms with van der Waals surface area (Å²) < 4.78 is 6.63. The van der Waals surface area contributed by atoms with Crippen LogP contribution in [0.15, 0.2) is 23.3 Å². The molecule has 22 heavy (non-hydrogen) atoms. The summed E-state index contributed by atoms with van der Waals surface area (Å²) in [7, 11) is -1.87. The monoisotopic (exact) mass is 326 g/mol. The zero-order chi connectivity index (χ0) is 17.7. The van der Waals surface area contributed by atoms with Crippen LogP contribution in [0.1, 0.15) is 61.8 Å². The fraction of sp³-hybridized carbons (Fsp3) is 0.789. The van der Waals surface area contributed by atoms with Gasteiger partial charge in [-0.25, -0.2) is 0 Å². The molecule has 130 valence electrons. The van der Waals surface area contributed by atoms with Gasteiger partial charge in [-0.05, 0) is 57.8 Å². The first-order valence-corrected chi connectivity index (χ1v) is 11.4. The van der Waals surface area contributed by atoms with Crippen molar-refractivity contribution in [3.05, 3.63) is 23.3 Å². The highest BCUT2D eigenvalue weighted by molar-refractivity contribution is 6.74. The van der Waals surface area contributed by atoms with Gasteiger partial charge >= 0.3 is 0 Å². The van der Waals surface area contributed by atoms with Crippen LogP contribution in [0.2, 0.25) is 18.1 Å². The second-order valence-corrected chi connectivity index (χ2v) is 13.0. The number of aliphatic hydroxyl groups is 1. The normalized spacial score (nSPS) is 17.9. The summed E-state index contributed by atoms with van der Waals surface area (Å²) >= 11 is 0. The van der Waals surface area contributed by atoms with Crippen LogP contribution in [0.4, 0.5) is 0 Å². The van der Waals surface area contributed by atoms with Crippen molar-refractivity contribution in [1.29, 1.82) is 0 Å². The van der Waals surface area contributed by atoms with E-state index >= 15 is 0 Å². The van der Waals surface area contributed by atoms with E-state index in [-0.39, 0.29) is 23.2 Å². The van der Waals surface area contributed by atoms with Gasteiger partial charge in [0.05, 0.1) is 12.2 Å². The van der Waals surface area contributed by atoms with Crippen LogP contribution in [-0.4, -0.2) is 25.6 Å². The van der Waals surface area contributed by atoms with Gasteiger partial charge in [0.1, 0.15) is 0 Å². The Hall–Kier alpha value is -0.383. The standard InChI is InChI=1S/C19H38O2Si/c1-11-15(4)18(21-22(9,10)19(6,7)8)16(5)17(20)13-12-14(2)3/h11-12,16-18,20H,13H2,1-10H3/b15-11+/t16-,17-,18-/m0/s1. The van der Waals surface area contributed by atoms with E-state index in [4.69, 9.17) is 4.43 Å². The van der Waals surface area contributed by atoms with E-state index in [9.17, 15) is 5.11 Å². The maximum Gasteiger partial charge on any atom is 0.192 e. The summed E-state index contributed by atoms with van der Waals surface area (Å²) in [6.45, 7) is 21.7. The molecule has 0 amide bonds. The fourth-order valence-electron chi connectivity index (χ4n) is 2.05. The quantitative estimate of drug-likeness (QED) is 0.480. The van der Waals surface area contributed by atoms with Gasteiger partial charge in [-0.1, -0.05) is 45.4 Å². The number of hydrogen-bond donors (Lipinski definition) is 1. The molecule has 0 saturated heterocycles. The van der Waals surface area contributed by atoms with Crippen molar-refractivity contribution in [2.45, 2.75) is 92.2 Å². The fourth-order valence-corrected chi connectivity index (χ4v) is 3.44. The highest BCUT2D eigenvalue weighted by Crippen LogP contribution is 2.39. The summed E-state index contributed by atoms with van der Waals surface area (Å²) in [5, 5.41) is 10.7. The van der Waals surface area contributed by atoms with Crippen molar-refractivity contribution in [1.82, 2.24) is 0 Å². The lowest BCUT2D eigenvalue weighted by Gasteiger charge is -2.42. The lowest BCUT2D eigenvalue weighted by atomic mass is 9.91. The first kappa shape index (κ1) is 21.6. The zero-order valence-corrected chi connectivity index (χ0v) is 17.4. The van der Waals surface area contributed by atoms with E-state index in [1.165, 1.54) is 11.1 Å². The topological polar surface area (TPSA) is 29.5 Å². The SMILES string of the molecule is C/C=C(\C)[C@H](O[Si](C)(C)C(C)(C)C)[C@@H](C)[C@@H](O)CC=C(C)C. The molecule has 2 nitrogen and oxygen atoms in total. The minimum absolute atomic E-state index is 0.00791. The summed E-state index contributed by atoms with van der Waals surface area (Å²) in [5.74, 6) is 0.0842. The highest BCUT2D eigenvalue weighted by Gasteiger charge is 2.41. The minimum atomic E-state index is -1.87. The second-order valence-electron chi connectivity index (χ2n) is 8.28. The Balaban J connectivity index is 5.27. The van der Waals surface area contributed by atoms with Crippen LogP contribution in [-0.2, 0) is 4.43 Å². The molecular formula is C19H38O2Si. The molecule has 0 spiro atoms. The molecule has 0 unspecified atom stereocenters. The van der Waals surface area contributed by atoms with Crippen LogP contribution in [0.25, 0.3) is 0 Å². The van der Waals surface area contributed by atoms with Gasteiger partial charge in [0, 0.05) is 5.92 Å². The second kappa shape index (κ2) is 8.46. The van der Waals surface area contributed by atoms with Crippen molar-refractivity contribution >= 4 is 8.32 Å². The zero-order valence-electron chi connectivity index (χ0n) is 16.4. The Bertz CT molecular complexity index is 398. The lowest BCUT2D eigenvalue weighted by Crippen LogP contribution is -2.47. The molecule has 0 aliphatic heterocycles. The Kier molecular flexibility index (Phi) is 8.32.